The number of aromatic nitrogens is 1. The predicted molar refractivity (Wildman–Crippen MR) is 77.3 cm³/mol. The fourth-order valence-corrected chi connectivity index (χ4v) is 2.24. The third-order valence-electron chi connectivity index (χ3n) is 3.46. The molecule has 0 aliphatic heterocycles. The second-order valence-electron chi connectivity index (χ2n) is 5.00. The maximum atomic E-state index is 12.0. The first-order valence-corrected chi connectivity index (χ1v) is 6.84. The number of hydrogen-bond donors (Lipinski definition) is 1. The monoisotopic (exact) mass is 272 g/mol. The first-order chi connectivity index (χ1) is 9.58. The topological polar surface area (TPSA) is 55.1 Å². The average molecular weight is 272 g/mol. The summed E-state index contributed by atoms with van der Waals surface area (Å²) in [7, 11) is 0. The Kier molecular flexibility index (Phi) is 4.56. The smallest absolute Gasteiger partial charge is 0.220 e. The molecule has 0 spiro atoms. The van der Waals surface area contributed by atoms with Crippen LogP contribution in [0.25, 0.3) is 0 Å². The average Bonchev–Trinajstić information content (AvgIpc) is 2.77. The van der Waals surface area contributed by atoms with Crippen molar-refractivity contribution in [1.82, 2.24) is 10.5 Å². The lowest BCUT2D eigenvalue weighted by Gasteiger charge is -2.14. The lowest BCUT2D eigenvalue weighted by Crippen LogP contribution is -2.26. The fraction of sp³-hybridized carbons (Fsp3) is 0.375. The molecule has 1 unspecified atom stereocenters. The van der Waals surface area contributed by atoms with Gasteiger partial charge >= 0.3 is 0 Å². The van der Waals surface area contributed by atoms with Crippen molar-refractivity contribution in [3.8, 4) is 0 Å². The molecule has 4 heteroatoms. The van der Waals surface area contributed by atoms with Gasteiger partial charge in [-0.15, -0.1) is 0 Å². The van der Waals surface area contributed by atoms with Crippen LogP contribution in [-0.2, 0) is 11.2 Å². The highest BCUT2D eigenvalue weighted by Gasteiger charge is 2.13. The SMILES string of the molecule is Cc1noc(C)c1CCC(=O)NC(C)c1ccccc1. The molecule has 1 amide bonds. The molecule has 4 nitrogen and oxygen atoms in total. The van der Waals surface area contributed by atoms with Crippen LogP contribution in [-0.4, -0.2) is 11.1 Å². The third-order valence-corrected chi connectivity index (χ3v) is 3.46. The molecule has 2 aromatic rings. The first kappa shape index (κ1) is 14.3. The molecular formula is C16H20N2O2. The number of benzene rings is 1. The van der Waals surface area contributed by atoms with Crippen LogP contribution in [0.4, 0.5) is 0 Å². The summed E-state index contributed by atoms with van der Waals surface area (Å²) in [6.07, 6.45) is 1.11. The van der Waals surface area contributed by atoms with E-state index in [0.29, 0.717) is 12.8 Å². The van der Waals surface area contributed by atoms with Crippen molar-refractivity contribution in [3.63, 3.8) is 0 Å². The molecular weight excluding hydrogens is 252 g/mol. The first-order valence-electron chi connectivity index (χ1n) is 6.84. The summed E-state index contributed by atoms with van der Waals surface area (Å²) in [5.74, 6) is 0.841. The number of aryl methyl sites for hydroxylation is 2. The molecule has 1 atom stereocenters. The summed E-state index contributed by atoms with van der Waals surface area (Å²) >= 11 is 0. The number of amides is 1. The predicted octanol–water partition coefficient (Wildman–Crippen LogP) is 3.10. The molecule has 0 aliphatic rings. The number of hydrogen-bond acceptors (Lipinski definition) is 3. The van der Waals surface area contributed by atoms with Crippen LogP contribution >= 0.6 is 0 Å². The zero-order valence-corrected chi connectivity index (χ0v) is 12.1. The molecule has 0 fully saturated rings. The van der Waals surface area contributed by atoms with Crippen LogP contribution in [0.3, 0.4) is 0 Å². The van der Waals surface area contributed by atoms with E-state index in [1.54, 1.807) is 0 Å². The van der Waals surface area contributed by atoms with Gasteiger partial charge < -0.3 is 9.84 Å². The van der Waals surface area contributed by atoms with E-state index in [0.717, 1.165) is 22.6 Å². The number of nitrogens with one attached hydrogen (secondary N) is 1. The summed E-state index contributed by atoms with van der Waals surface area (Å²) in [6.45, 7) is 5.76. The van der Waals surface area contributed by atoms with Crippen LogP contribution < -0.4 is 5.32 Å². The highest BCUT2D eigenvalue weighted by atomic mass is 16.5. The molecule has 2 rings (SSSR count). The van der Waals surface area contributed by atoms with Crippen molar-refractivity contribution in [2.24, 2.45) is 0 Å². The summed E-state index contributed by atoms with van der Waals surface area (Å²) in [5, 5.41) is 6.90. The van der Waals surface area contributed by atoms with Gasteiger partial charge in [0.15, 0.2) is 0 Å². The van der Waals surface area contributed by atoms with Gasteiger partial charge in [-0.3, -0.25) is 4.79 Å². The summed E-state index contributed by atoms with van der Waals surface area (Å²) < 4.78 is 5.10. The van der Waals surface area contributed by atoms with Gasteiger partial charge in [-0.2, -0.15) is 0 Å². The standard InChI is InChI=1S/C16H20N2O2/c1-11(14-7-5-4-6-8-14)17-16(19)10-9-15-12(2)18-20-13(15)3/h4-8,11H,9-10H2,1-3H3,(H,17,19). The van der Waals surface area contributed by atoms with Crippen LogP contribution in [0.1, 0.15) is 42.0 Å². The van der Waals surface area contributed by atoms with Crippen LogP contribution in [0.5, 0.6) is 0 Å². The van der Waals surface area contributed by atoms with E-state index < -0.39 is 0 Å². The number of carbonyl (C=O) groups excluding carboxylic acids is 1. The van der Waals surface area contributed by atoms with E-state index in [9.17, 15) is 4.79 Å². The van der Waals surface area contributed by atoms with Gasteiger partial charge in [-0.05, 0) is 32.8 Å². The molecule has 106 valence electrons. The van der Waals surface area contributed by atoms with Crippen molar-refractivity contribution < 1.29 is 9.32 Å². The molecule has 1 aromatic heterocycles. The van der Waals surface area contributed by atoms with E-state index in [2.05, 4.69) is 10.5 Å². The molecule has 1 N–H and O–H groups in total. The van der Waals surface area contributed by atoms with Gasteiger partial charge in [0.2, 0.25) is 5.91 Å². The van der Waals surface area contributed by atoms with Gasteiger partial charge in [-0.1, -0.05) is 35.5 Å². The van der Waals surface area contributed by atoms with Gasteiger partial charge in [0.25, 0.3) is 0 Å². The fourth-order valence-electron chi connectivity index (χ4n) is 2.24. The second kappa shape index (κ2) is 6.37. The third kappa shape index (κ3) is 3.47. The zero-order chi connectivity index (χ0) is 14.5. The normalized spacial score (nSPS) is 12.2. The molecule has 0 bridgehead atoms. The highest BCUT2D eigenvalue weighted by Crippen LogP contribution is 2.15. The van der Waals surface area contributed by atoms with Crippen molar-refractivity contribution in [1.29, 1.82) is 0 Å². The van der Waals surface area contributed by atoms with Crippen molar-refractivity contribution in [3.05, 3.63) is 52.9 Å². The zero-order valence-electron chi connectivity index (χ0n) is 12.1. The Balaban J connectivity index is 1.87. The van der Waals surface area contributed by atoms with Gasteiger partial charge in [0.05, 0.1) is 11.7 Å². The largest absolute Gasteiger partial charge is 0.361 e. The highest BCUT2D eigenvalue weighted by molar-refractivity contribution is 5.76. The van der Waals surface area contributed by atoms with Crippen LogP contribution in [0, 0.1) is 13.8 Å². The maximum Gasteiger partial charge on any atom is 0.220 e. The molecule has 0 saturated carbocycles. The van der Waals surface area contributed by atoms with Crippen LogP contribution in [0.2, 0.25) is 0 Å². The van der Waals surface area contributed by atoms with Crippen LogP contribution in [0.15, 0.2) is 34.9 Å². The van der Waals surface area contributed by atoms with Crippen molar-refractivity contribution in [2.75, 3.05) is 0 Å². The summed E-state index contributed by atoms with van der Waals surface area (Å²) in [4.78, 5) is 12.0. The Labute approximate surface area is 119 Å². The van der Waals surface area contributed by atoms with Gasteiger partial charge in [-0.25, -0.2) is 0 Å². The number of rotatable bonds is 5. The van der Waals surface area contributed by atoms with Crippen molar-refractivity contribution >= 4 is 5.91 Å². The molecule has 1 heterocycles. The van der Waals surface area contributed by atoms with E-state index in [-0.39, 0.29) is 11.9 Å². The lowest BCUT2D eigenvalue weighted by atomic mass is 10.1. The Morgan fingerprint density at radius 3 is 2.60 bits per heavy atom. The van der Waals surface area contributed by atoms with E-state index in [1.165, 1.54) is 0 Å². The second-order valence-corrected chi connectivity index (χ2v) is 5.00. The van der Waals surface area contributed by atoms with E-state index in [4.69, 9.17) is 4.52 Å². The Morgan fingerprint density at radius 1 is 1.30 bits per heavy atom. The van der Waals surface area contributed by atoms with E-state index in [1.807, 2.05) is 51.1 Å². The molecule has 0 saturated heterocycles. The summed E-state index contributed by atoms with van der Waals surface area (Å²) in [5.41, 5.74) is 3.01. The molecule has 1 aromatic carbocycles. The quantitative estimate of drug-likeness (QED) is 0.910. The lowest BCUT2D eigenvalue weighted by molar-refractivity contribution is -0.121. The Morgan fingerprint density at radius 2 is 2.00 bits per heavy atom. The minimum Gasteiger partial charge on any atom is -0.361 e. The molecule has 20 heavy (non-hydrogen) atoms. The van der Waals surface area contributed by atoms with Gasteiger partial charge in [0, 0.05) is 12.0 Å². The molecule has 0 aliphatic carbocycles. The van der Waals surface area contributed by atoms with E-state index >= 15 is 0 Å². The summed E-state index contributed by atoms with van der Waals surface area (Å²) in [6, 6.07) is 9.96. The Hall–Kier alpha value is -2.10. The minimum atomic E-state index is 0.0216. The minimum absolute atomic E-state index is 0.0216. The van der Waals surface area contributed by atoms with Crippen molar-refractivity contribution in [2.45, 2.75) is 39.7 Å². The maximum absolute atomic E-state index is 12.0. The Bertz CT molecular complexity index is 556. The number of carbonyl (C=O) groups is 1. The molecule has 0 radical (unpaired) electrons. The number of nitrogens with zero attached hydrogens (tertiary/aromatic N) is 1. The van der Waals surface area contributed by atoms with Gasteiger partial charge in [0.1, 0.15) is 5.76 Å².